The van der Waals surface area contributed by atoms with Gasteiger partial charge in [-0.15, -0.1) is 0 Å². The lowest BCUT2D eigenvalue weighted by Gasteiger charge is -2.23. The molecule has 0 amide bonds. The Morgan fingerprint density at radius 1 is 0.535 bits per heavy atom. The lowest BCUT2D eigenvalue weighted by atomic mass is 10.1. The Labute approximate surface area is 247 Å². The summed E-state index contributed by atoms with van der Waals surface area (Å²) in [5, 5.41) is 8.41. The van der Waals surface area contributed by atoms with E-state index < -0.39 is 7.14 Å². The fourth-order valence-corrected chi connectivity index (χ4v) is 9.46. The molecule has 5 heteroatoms. The SMILES string of the molecule is O=P(c1ccc2ccccc2c1)(c1cnc2ccccc2c1)c1cccc2c3ccccc3n3c4ccccc4nc3c12. The quantitative estimate of drug-likeness (QED) is 0.159. The van der Waals surface area contributed by atoms with Crippen LogP contribution < -0.4 is 15.9 Å². The topological polar surface area (TPSA) is 47.3 Å². The smallest absolute Gasteiger partial charge is 0.173 e. The molecule has 43 heavy (non-hydrogen) atoms. The number of rotatable bonds is 3. The minimum absolute atomic E-state index is 0.705. The van der Waals surface area contributed by atoms with Gasteiger partial charge in [0.15, 0.2) is 7.14 Å². The van der Waals surface area contributed by atoms with Gasteiger partial charge >= 0.3 is 0 Å². The van der Waals surface area contributed by atoms with Gasteiger partial charge in [-0.2, -0.15) is 0 Å². The predicted molar refractivity (Wildman–Crippen MR) is 180 cm³/mol. The highest BCUT2D eigenvalue weighted by molar-refractivity contribution is 7.85. The summed E-state index contributed by atoms with van der Waals surface area (Å²) in [6.45, 7) is 0. The maximum Gasteiger partial charge on any atom is 0.173 e. The summed E-state index contributed by atoms with van der Waals surface area (Å²) in [6, 6.07) is 47.3. The van der Waals surface area contributed by atoms with Crippen LogP contribution in [0.25, 0.3) is 60.0 Å². The van der Waals surface area contributed by atoms with Crippen molar-refractivity contribution in [2.75, 3.05) is 0 Å². The van der Waals surface area contributed by atoms with Crippen LogP contribution in [0.4, 0.5) is 0 Å². The molecular weight excluding hydrogens is 545 g/mol. The molecule has 0 aliphatic rings. The van der Waals surface area contributed by atoms with Gasteiger partial charge in [-0.05, 0) is 52.6 Å². The number of pyridine rings is 2. The number of benzene rings is 6. The Morgan fingerprint density at radius 2 is 1.21 bits per heavy atom. The van der Waals surface area contributed by atoms with Crippen LogP contribution >= 0.6 is 7.14 Å². The van der Waals surface area contributed by atoms with E-state index in [-0.39, 0.29) is 0 Å². The molecule has 9 aromatic rings. The molecular formula is C38H24N3OP. The first-order valence-electron chi connectivity index (χ1n) is 14.4. The van der Waals surface area contributed by atoms with Gasteiger partial charge in [0.05, 0.1) is 22.1 Å². The minimum atomic E-state index is -3.47. The average Bonchev–Trinajstić information content (AvgIpc) is 3.47. The van der Waals surface area contributed by atoms with E-state index in [0.717, 1.165) is 70.6 Å². The van der Waals surface area contributed by atoms with Crippen molar-refractivity contribution in [3.63, 3.8) is 0 Å². The van der Waals surface area contributed by atoms with Crippen molar-refractivity contribution in [1.29, 1.82) is 0 Å². The molecule has 202 valence electrons. The van der Waals surface area contributed by atoms with E-state index in [4.69, 9.17) is 9.97 Å². The summed E-state index contributed by atoms with van der Waals surface area (Å²) in [6.07, 6.45) is 1.80. The van der Waals surface area contributed by atoms with Gasteiger partial charge in [0, 0.05) is 38.3 Å². The van der Waals surface area contributed by atoms with E-state index in [2.05, 4.69) is 71.1 Å². The third-order valence-electron chi connectivity index (χ3n) is 8.64. The van der Waals surface area contributed by atoms with Crippen molar-refractivity contribution in [3.05, 3.63) is 146 Å². The number of imidazole rings is 1. The van der Waals surface area contributed by atoms with E-state index in [1.54, 1.807) is 6.20 Å². The Morgan fingerprint density at radius 3 is 2.09 bits per heavy atom. The van der Waals surface area contributed by atoms with Gasteiger partial charge in [0.2, 0.25) is 0 Å². The first kappa shape index (κ1) is 24.3. The number of nitrogens with zero attached hydrogens (tertiary/aromatic N) is 3. The van der Waals surface area contributed by atoms with Crippen LogP contribution in [0.1, 0.15) is 0 Å². The molecule has 6 aromatic carbocycles. The van der Waals surface area contributed by atoms with E-state index in [0.29, 0.717) is 5.30 Å². The van der Waals surface area contributed by atoms with E-state index in [9.17, 15) is 0 Å². The van der Waals surface area contributed by atoms with Crippen molar-refractivity contribution in [2.24, 2.45) is 0 Å². The molecule has 0 fully saturated rings. The minimum Gasteiger partial charge on any atom is -0.309 e. The summed E-state index contributed by atoms with van der Waals surface area (Å²) >= 11 is 0. The van der Waals surface area contributed by atoms with Gasteiger partial charge in [0.25, 0.3) is 0 Å². The molecule has 0 saturated carbocycles. The first-order valence-corrected chi connectivity index (χ1v) is 16.1. The van der Waals surface area contributed by atoms with Crippen LogP contribution in [0.5, 0.6) is 0 Å². The van der Waals surface area contributed by atoms with E-state index in [1.807, 2.05) is 72.8 Å². The molecule has 0 saturated heterocycles. The van der Waals surface area contributed by atoms with E-state index >= 15 is 4.57 Å². The summed E-state index contributed by atoms with van der Waals surface area (Å²) in [4.78, 5) is 9.98. The second kappa shape index (κ2) is 9.09. The Bertz CT molecular complexity index is 2540. The van der Waals surface area contributed by atoms with Crippen LogP contribution in [0, 0.1) is 0 Å². The fourth-order valence-electron chi connectivity index (χ4n) is 6.63. The zero-order valence-electron chi connectivity index (χ0n) is 23.1. The summed E-state index contributed by atoms with van der Waals surface area (Å²) < 4.78 is 18.5. The van der Waals surface area contributed by atoms with Gasteiger partial charge in [-0.3, -0.25) is 9.38 Å². The Balaban J connectivity index is 1.48. The maximum absolute atomic E-state index is 16.2. The monoisotopic (exact) mass is 569 g/mol. The van der Waals surface area contributed by atoms with E-state index in [1.165, 1.54) is 0 Å². The first-order chi connectivity index (χ1) is 21.2. The molecule has 1 atom stereocenters. The van der Waals surface area contributed by atoms with Crippen molar-refractivity contribution >= 4 is 83.1 Å². The molecule has 0 N–H and O–H groups in total. The van der Waals surface area contributed by atoms with Crippen molar-refractivity contribution in [1.82, 2.24) is 14.4 Å². The van der Waals surface area contributed by atoms with Crippen molar-refractivity contribution < 1.29 is 4.57 Å². The van der Waals surface area contributed by atoms with Crippen LogP contribution in [-0.2, 0) is 4.57 Å². The fraction of sp³-hybridized carbons (Fsp3) is 0. The Kier molecular flexibility index (Phi) is 5.14. The van der Waals surface area contributed by atoms with Gasteiger partial charge in [-0.1, -0.05) is 103 Å². The summed E-state index contributed by atoms with van der Waals surface area (Å²) in [5.41, 5.74) is 4.69. The van der Waals surface area contributed by atoms with Gasteiger partial charge in [0.1, 0.15) is 5.65 Å². The zero-order valence-corrected chi connectivity index (χ0v) is 23.9. The van der Waals surface area contributed by atoms with Crippen LogP contribution in [0.3, 0.4) is 0 Å². The summed E-state index contributed by atoms with van der Waals surface area (Å²) in [7, 11) is -3.47. The largest absolute Gasteiger partial charge is 0.309 e. The maximum atomic E-state index is 16.2. The molecule has 9 rings (SSSR count). The molecule has 4 nitrogen and oxygen atoms in total. The number of para-hydroxylation sites is 4. The molecule has 3 heterocycles. The summed E-state index contributed by atoms with van der Waals surface area (Å²) in [5.74, 6) is 0. The molecule has 0 aliphatic carbocycles. The van der Waals surface area contributed by atoms with Crippen LogP contribution in [0.15, 0.2) is 146 Å². The molecule has 1 unspecified atom stereocenters. The third-order valence-corrected chi connectivity index (χ3v) is 11.7. The van der Waals surface area contributed by atoms with Crippen molar-refractivity contribution in [3.8, 4) is 0 Å². The molecule has 0 spiro atoms. The number of hydrogen-bond acceptors (Lipinski definition) is 3. The highest BCUT2D eigenvalue weighted by Gasteiger charge is 2.34. The lowest BCUT2D eigenvalue weighted by Crippen LogP contribution is -2.26. The highest BCUT2D eigenvalue weighted by Crippen LogP contribution is 2.47. The Hall–Kier alpha value is -5.31. The highest BCUT2D eigenvalue weighted by atomic mass is 31.2. The van der Waals surface area contributed by atoms with Crippen LogP contribution in [0.2, 0.25) is 0 Å². The lowest BCUT2D eigenvalue weighted by molar-refractivity contribution is 0.592. The standard InChI is InChI=1S/C38H24N3OP/c42-43(28-21-20-25-10-1-2-11-26(25)22-28,29-23-27-12-3-5-15-32(27)39-24-29)36-19-9-14-31-30-13-4-7-17-34(30)41-35-18-8-6-16-33(35)40-38(41)37(31)36/h1-24H. The second-order valence-electron chi connectivity index (χ2n) is 11.0. The van der Waals surface area contributed by atoms with Crippen LogP contribution in [-0.4, -0.2) is 14.4 Å². The molecule has 0 radical (unpaired) electrons. The zero-order chi connectivity index (χ0) is 28.5. The average molecular weight is 570 g/mol. The number of aromatic nitrogens is 3. The molecule has 0 bridgehead atoms. The van der Waals surface area contributed by atoms with Crippen molar-refractivity contribution in [2.45, 2.75) is 0 Å². The third kappa shape index (κ3) is 3.48. The van der Waals surface area contributed by atoms with Gasteiger partial charge in [-0.25, -0.2) is 4.98 Å². The normalized spacial score (nSPS) is 13.4. The second-order valence-corrected chi connectivity index (χ2v) is 13.7. The molecule has 3 aromatic heterocycles. The molecule has 0 aliphatic heterocycles. The number of fused-ring (bicyclic) bond motifs is 10. The number of hydrogen-bond donors (Lipinski definition) is 0. The predicted octanol–water partition coefficient (Wildman–Crippen LogP) is 8.13. The van der Waals surface area contributed by atoms with Gasteiger partial charge < -0.3 is 4.57 Å².